The van der Waals surface area contributed by atoms with Gasteiger partial charge >= 0.3 is 0 Å². The summed E-state index contributed by atoms with van der Waals surface area (Å²) in [5, 5.41) is 3.10. The molecule has 3 nitrogen and oxygen atoms in total. The minimum atomic E-state index is 0.0356. The fourth-order valence-corrected chi connectivity index (χ4v) is 2.31. The molecule has 0 spiro atoms. The molecule has 1 saturated carbocycles. The monoisotopic (exact) mass is 227 g/mol. The molecule has 0 aromatic heterocycles. The molecule has 0 heterocycles. The lowest BCUT2D eigenvalue weighted by atomic mass is 9.73. The van der Waals surface area contributed by atoms with Crippen LogP contribution in [0.2, 0.25) is 0 Å². The average molecular weight is 227 g/mol. The second-order valence-electron chi connectivity index (χ2n) is 5.41. The molecule has 1 aliphatic carbocycles. The molecule has 0 bridgehead atoms. The van der Waals surface area contributed by atoms with Crippen molar-refractivity contribution in [2.24, 2.45) is 5.41 Å². The zero-order chi connectivity index (χ0) is 12.0. The molecule has 0 saturated heterocycles. The minimum absolute atomic E-state index is 0.0356. The first-order valence-corrected chi connectivity index (χ1v) is 6.43. The Morgan fingerprint density at radius 1 is 1.44 bits per heavy atom. The van der Waals surface area contributed by atoms with Crippen molar-refractivity contribution < 1.29 is 9.53 Å². The van der Waals surface area contributed by atoms with Crippen molar-refractivity contribution >= 4 is 5.91 Å². The lowest BCUT2D eigenvalue weighted by Crippen LogP contribution is -2.47. The Bertz CT molecular complexity index is 226. The van der Waals surface area contributed by atoms with Crippen molar-refractivity contribution in [1.29, 1.82) is 0 Å². The number of ether oxygens (including phenoxy) is 1. The molecule has 1 rings (SSSR count). The highest BCUT2D eigenvalue weighted by Crippen LogP contribution is 2.35. The number of carbonyl (C=O) groups excluding carboxylic acids is 1. The van der Waals surface area contributed by atoms with Crippen LogP contribution in [0.1, 0.15) is 52.9 Å². The molecule has 1 amide bonds. The van der Waals surface area contributed by atoms with Crippen LogP contribution >= 0.6 is 0 Å². The molecule has 0 aliphatic heterocycles. The molecule has 3 heteroatoms. The number of hydrogen-bond acceptors (Lipinski definition) is 2. The lowest BCUT2D eigenvalue weighted by Gasteiger charge is -2.39. The number of carbonyl (C=O) groups is 1. The zero-order valence-corrected chi connectivity index (χ0v) is 10.8. The maximum Gasteiger partial charge on any atom is 0.246 e. The highest BCUT2D eigenvalue weighted by atomic mass is 16.5. The van der Waals surface area contributed by atoms with Crippen LogP contribution in [0.4, 0.5) is 0 Å². The van der Waals surface area contributed by atoms with Crippen LogP contribution in [0.5, 0.6) is 0 Å². The van der Waals surface area contributed by atoms with Crippen molar-refractivity contribution in [3.63, 3.8) is 0 Å². The van der Waals surface area contributed by atoms with Crippen molar-refractivity contribution in [3.8, 4) is 0 Å². The molecule has 94 valence electrons. The molecule has 1 unspecified atom stereocenters. The van der Waals surface area contributed by atoms with Gasteiger partial charge in [0.2, 0.25) is 5.91 Å². The van der Waals surface area contributed by atoms with Crippen LogP contribution in [0, 0.1) is 5.41 Å². The number of nitrogens with one attached hydrogen (secondary N) is 1. The van der Waals surface area contributed by atoms with Gasteiger partial charge in [0.15, 0.2) is 0 Å². The number of amides is 1. The molecule has 1 aliphatic rings. The van der Waals surface area contributed by atoms with Gasteiger partial charge in [-0.2, -0.15) is 0 Å². The topological polar surface area (TPSA) is 38.3 Å². The van der Waals surface area contributed by atoms with E-state index >= 15 is 0 Å². The van der Waals surface area contributed by atoms with Crippen LogP contribution in [-0.4, -0.2) is 25.2 Å². The predicted octanol–water partition coefficient (Wildman–Crippen LogP) is 2.50. The average Bonchev–Trinajstić information content (AvgIpc) is 2.21. The molecular weight excluding hydrogens is 202 g/mol. The maximum atomic E-state index is 11.6. The molecule has 1 N–H and O–H groups in total. The summed E-state index contributed by atoms with van der Waals surface area (Å²) in [4.78, 5) is 11.6. The normalized spacial score (nSPS) is 24.1. The fourth-order valence-electron chi connectivity index (χ4n) is 2.31. The largest absolute Gasteiger partial charge is 0.372 e. The van der Waals surface area contributed by atoms with E-state index < -0.39 is 0 Å². The highest BCUT2D eigenvalue weighted by Gasteiger charge is 2.32. The van der Waals surface area contributed by atoms with E-state index in [9.17, 15) is 4.79 Å². The molecule has 1 atom stereocenters. The van der Waals surface area contributed by atoms with Crippen LogP contribution in [0.15, 0.2) is 0 Å². The Morgan fingerprint density at radius 2 is 2.19 bits per heavy atom. The summed E-state index contributed by atoms with van der Waals surface area (Å²) in [6.07, 6.45) is 5.78. The first kappa shape index (κ1) is 13.5. The quantitative estimate of drug-likeness (QED) is 0.733. The Morgan fingerprint density at radius 3 is 2.81 bits per heavy atom. The van der Waals surface area contributed by atoms with Gasteiger partial charge in [-0.05, 0) is 24.7 Å². The maximum absolute atomic E-state index is 11.6. The van der Waals surface area contributed by atoms with E-state index in [1.807, 2.05) is 6.92 Å². The SMILES string of the molecule is CCCOCC(=O)NC1CCCCC1(C)C. The van der Waals surface area contributed by atoms with Gasteiger partial charge in [0.05, 0.1) is 0 Å². The molecule has 1 fully saturated rings. The Balaban J connectivity index is 2.31. The number of hydrogen-bond donors (Lipinski definition) is 1. The van der Waals surface area contributed by atoms with Crippen LogP contribution in [0.3, 0.4) is 0 Å². The van der Waals surface area contributed by atoms with Crippen LogP contribution in [0.25, 0.3) is 0 Å². The van der Waals surface area contributed by atoms with Gasteiger partial charge in [-0.3, -0.25) is 4.79 Å². The fraction of sp³-hybridized carbons (Fsp3) is 0.923. The Kier molecular flexibility index (Phi) is 5.26. The highest BCUT2D eigenvalue weighted by molar-refractivity contribution is 5.77. The van der Waals surface area contributed by atoms with Gasteiger partial charge in [-0.25, -0.2) is 0 Å². The summed E-state index contributed by atoms with van der Waals surface area (Å²) < 4.78 is 5.24. The van der Waals surface area contributed by atoms with E-state index in [0.29, 0.717) is 12.6 Å². The molecule has 0 aromatic rings. The van der Waals surface area contributed by atoms with Gasteiger partial charge in [0.1, 0.15) is 6.61 Å². The van der Waals surface area contributed by atoms with E-state index in [4.69, 9.17) is 4.74 Å². The van der Waals surface area contributed by atoms with Gasteiger partial charge in [-0.1, -0.05) is 33.6 Å². The van der Waals surface area contributed by atoms with Gasteiger partial charge in [-0.15, -0.1) is 0 Å². The van der Waals surface area contributed by atoms with E-state index in [2.05, 4.69) is 19.2 Å². The third kappa shape index (κ3) is 4.12. The van der Waals surface area contributed by atoms with Crippen LogP contribution < -0.4 is 5.32 Å². The number of rotatable bonds is 5. The summed E-state index contributed by atoms with van der Waals surface area (Å²) in [6, 6.07) is 0.318. The van der Waals surface area contributed by atoms with Gasteiger partial charge < -0.3 is 10.1 Å². The van der Waals surface area contributed by atoms with Crippen molar-refractivity contribution in [2.75, 3.05) is 13.2 Å². The summed E-state index contributed by atoms with van der Waals surface area (Å²) >= 11 is 0. The van der Waals surface area contributed by atoms with Gasteiger partial charge in [0, 0.05) is 12.6 Å². The third-order valence-corrected chi connectivity index (χ3v) is 3.42. The zero-order valence-electron chi connectivity index (χ0n) is 10.8. The molecule has 16 heavy (non-hydrogen) atoms. The standard InChI is InChI=1S/C13H25NO2/c1-4-9-16-10-12(15)14-11-7-5-6-8-13(11,2)3/h11H,4-10H2,1-3H3,(H,14,15). The predicted molar refractivity (Wildman–Crippen MR) is 65.3 cm³/mol. The first-order chi connectivity index (χ1) is 7.56. The Hall–Kier alpha value is -0.570. The molecular formula is C13H25NO2. The smallest absolute Gasteiger partial charge is 0.246 e. The van der Waals surface area contributed by atoms with Gasteiger partial charge in [0.25, 0.3) is 0 Å². The van der Waals surface area contributed by atoms with Crippen molar-refractivity contribution in [3.05, 3.63) is 0 Å². The van der Waals surface area contributed by atoms with E-state index in [1.54, 1.807) is 0 Å². The molecule has 0 aromatic carbocycles. The molecule has 0 radical (unpaired) electrons. The van der Waals surface area contributed by atoms with Crippen molar-refractivity contribution in [2.45, 2.75) is 58.9 Å². The lowest BCUT2D eigenvalue weighted by molar-refractivity contribution is -0.127. The second-order valence-corrected chi connectivity index (χ2v) is 5.41. The van der Waals surface area contributed by atoms with E-state index in [0.717, 1.165) is 12.8 Å². The van der Waals surface area contributed by atoms with E-state index in [1.165, 1.54) is 19.3 Å². The summed E-state index contributed by atoms with van der Waals surface area (Å²) in [5.41, 5.74) is 0.235. The summed E-state index contributed by atoms with van der Waals surface area (Å²) in [5.74, 6) is 0.0356. The summed E-state index contributed by atoms with van der Waals surface area (Å²) in [6.45, 7) is 7.40. The summed E-state index contributed by atoms with van der Waals surface area (Å²) in [7, 11) is 0. The minimum Gasteiger partial charge on any atom is -0.372 e. The third-order valence-electron chi connectivity index (χ3n) is 3.42. The Labute approximate surface area is 98.9 Å². The van der Waals surface area contributed by atoms with Crippen molar-refractivity contribution in [1.82, 2.24) is 5.32 Å². The van der Waals surface area contributed by atoms with E-state index in [-0.39, 0.29) is 17.9 Å². The second kappa shape index (κ2) is 6.24. The first-order valence-electron chi connectivity index (χ1n) is 6.43. The van der Waals surface area contributed by atoms with Crippen LogP contribution in [-0.2, 0) is 9.53 Å².